The van der Waals surface area contributed by atoms with Crippen molar-refractivity contribution >= 4 is 5.91 Å². The number of hydrogen-bond donors (Lipinski definition) is 1. The molecule has 4 heteroatoms. The minimum Gasteiger partial charge on any atom is -0.338 e. The van der Waals surface area contributed by atoms with Crippen molar-refractivity contribution in [2.75, 3.05) is 26.7 Å². The molecule has 20 heavy (non-hydrogen) atoms. The lowest BCUT2D eigenvalue weighted by molar-refractivity contribution is -0.136. The van der Waals surface area contributed by atoms with Gasteiger partial charge in [0.1, 0.15) is 0 Å². The lowest BCUT2D eigenvalue weighted by Gasteiger charge is -2.40. The number of fused-ring (bicyclic) bond motifs is 1. The minimum absolute atomic E-state index is 0.0551. The van der Waals surface area contributed by atoms with Gasteiger partial charge in [0.2, 0.25) is 5.91 Å². The summed E-state index contributed by atoms with van der Waals surface area (Å²) >= 11 is 0. The number of benzene rings is 1. The van der Waals surface area contributed by atoms with Gasteiger partial charge in [-0.2, -0.15) is 0 Å². The molecule has 4 nitrogen and oxygen atoms in total. The average molecular weight is 273 g/mol. The van der Waals surface area contributed by atoms with Crippen LogP contribution in [0, 0.1) is 0 Å². The van der Waals surface area contributed by atoms with Gasteiger partial charge in [-0.25, -0.2) is 0 Å². The Labute approximate surface area is 120 Å². The number of piperazine rings is 1. The van der Waals surface area contributed by atoms with E-state index in [4.69, 9.17) is 0 Å². The second-order valence-electron chi connectivity index (χ2n) is 6.02. The van der Waals surface area contributed by atoms with Crippen LogP contribution in [0.1, 0.15) is 18.1 Å². The van der Waals surface area contributed by atoms with Crippen LogP contribution in [0.5, 0.6) is 0 Å². The highest BCUT2D eigenvalue weighted by atomic mass is 16.2. The Morgan fingerprint density at radius 3 is 2.75 bits per heavy atom. The minimum atomic E-state index is -0.0551. The second-order valence-corrected chi connectivity index (χ2v) is 6.02. The molecule has 2 aliphatic rings. The molecule has 2 unspecified atom stereocenters. The van der Waals surface area contributed by atoms with E-state index >= 15 is 0 Å². The van der Waals surface area contributed by atoms with Crippen LogP contribution in [0.15, 0.2) is 24.3 Å². The van der Waals surface area contributed by atoms with Crippen molar-refractivity contribution in [3.63, 3.8) is 0 Å². The molecule has 0 aliphatic carbocycles. The van der Waals surface area contributed by atoms with Crippen molar-refractivity contribution in [3.05, 3.63) is 35.4 Å². The Hall–Kier alpha value is -1.39. The largest absolute Gasteiger partial charge is 0.338 e. The van der Waals surface area contributed by atoms with Gasteiger partial charge in [0.05, 0.1) is 6.04 Å². The fourth-order valence-electron chi connectivity index (χ4n) is 3.10. The molecule has 1 fully saturated rings. The summed E-state index contributed by atoms with van der Waals surface area (Å²) in [6, 6.07) is 8.79. The third kappa shape index (κ3) is 2.58. The van der Waals surface area contributed by atoms with Crippen LogP contribution in [0.3, 0.4) is 0 Å². The van der Waals surface area contributed by atoms with Crippen LogP contribution in [-0.4, -0.2) is 54.5 Å². The number of carbonyl (C=O) groups is 1. The zero-order valence-corrected chi connectivity index (χ0v) is 12.3. The summed E-state index contributed by atoms with van der Waals surface area (Å²) in [6.07, 6.45) is 0.815. The SMILES string of the molecule is CC1CN(C(=O)C2Cc3ccccc3CN2)CCN1C. The maximum Gasteiger partial charge on any atom is 0.240 e. The quantitative estimate of drug-likeness (QED) is 0.824. The molecular weight excluding hydrogens is 250 g/mol. The summed E-state index contributed by atoms with van der Waals surface area (Å²) in [7, 11) is 2.13. The van der Waals surface area contributed by atoms with E-state index in [2.05, 4.69) is 48.5 Å². The molecular formula is C16H23N3O. The number of nitrogens with one attached hydrogen (secondary N) is 1. The molecule has 3 rings (SSSR count). The number of carbonyl (C=O) groups excluding carboxylic acids is 1. The van der Waals surface area contributed by atoms with Gasteiger partial charge in [-0.15, -0.1) is 0 Å². The highest BCUT2D eigenvalue weighted by Crippen LogP contribution is 2.18. The van der Waals surface area contributed by atoms with Crippen LogP contribution in [0.25, 0.3) is 0 Å². The van der Waals surface area contributed by atoms with Crippen molar-refractivity contribution in [1.29, 1.82) is 0 Å². The highest BCUT2D eigenvalue weighted by molar-refractivity contribution is 5.82. The molecule has 0 saturated carbocycles. The maximum absolute atomic E-state index is 12.7. The van der Waals surface area contributed by atoms with E-state index in [0.29, 0.717) is 6.04 Å². The molecule has 108 valence electrons. The first-order chi connectivity index (χ1) is 9.65. The normalized spacial score (nSPS) is 27.2. The molecule has 1 aromatic carbocycles. The van der Waals surface area contributed by atoms with E-state index in [-0.39, 0.29) is 11.9 Å². The van der Waals surface area contributed by atoms with E-state index in [1.165, 1.54) is 11.1 Å². The van der Waals surface area contributed by atoms with Crippen LogP contribution < -0.4 is 5.32 Å². The summed E-state index contributed by atoms with van der Waals surface area (Å²) in [5.74, 6) is 0.263. The molecule has 1 aromatic rings. The van der Waals surface area contributed by atoms with Crippen molar-refractivity contribution in [2.45, 2.75) is 32.0 Å². The molecule has 2 heterocycles. The topological polar surface area (TPSA) is 35.6 Å². The van der Waals surface area contributed by atoms with Crippen molar-refractivity contribution in [3.8, 4) is 0 Å². The van der Waals surface area contributed by atoms with E-state index in [1.807, 2.05) is 4.90 Å². The summed E-state index contributed by atoms with van der Waals surface area (Å²) in [6.45, 7) is 5.64. The predicted molar refractivity (Wildman–Crippen MR) is 79.4 cm³/mol. The molecule has 1 N–H and O–H groups in total. The Bertz CT molecular complexity index is 502. The van der Waals surface area contributed by atoms with Gasteiger partial charge < -0.3 is 15.1 Å². The molecule has 2 atom stereocenters. The molecule has 1 amide bonds. The first-order valence-corrected chi connectivity index (χ1v) is 7.44. The average Bonchev–Trinajstić information content (AvgIpc) is 2.49. The molecule has 0 radical (unpaired) electrons. The van der Waals surface area contributed by atoms with Crippen LogP contribution >= 0.6 is 0 Å². The fraction of sp³-hybridized carbons (Fsp3) is 0.562. The van der Waals surface area contributed by atoms with Gasteiger partial charge >= 0.3 is 0 Å². The molecule has 1 saturated heterocycles. The fourth-order valence-corrected chi connectivity index (χ4v) is 3.10. The van der Waals surface area contributed by atoms with Crippen LogP contribution in [-0.2, 0) is 17.8 Å². The summed E-state index contributed by atoms with van der Waals surface area (Å²) < 4.78 is 0. The van der Waals surface area contributed by atoms with Crippen LogP contribution in [0.4, 0.5) is 0 Å². The van der Waals surface area contributed by atoms with Gasteiger partial charge in [0.15, 0.2) is 0 Å². The van der Waals surface area contributed by atoms with Gasteiger partial charge in [0.25, 0.3) is 0 Å². The monoisotopic (exact) mass is 273 g/mol. The van der Waals surface area contributed by atoms with Crippen molar-refractivity contribution < 1.29 is 4.79 Å². The van der Waals surface area contributed by atoms with Gasteiger partial charge in [-0.1, -0.05) is 24.3 Å². The van der Waals surface area contributed by atoms with Gasteiger partial charge in [-0.3, -0.25) is 4.79 Å². The van der Waals surface area contributed by atoms with Crippen LogP contribution in [0.2, 0.25) is 0 Å². The van der Waals surface area contributed by atoms with E-state index in [0.717, 1.165) is 32.6 Å². The maximum atomic E-state index is 12.7. The Morgan fingerprint density at radius 1 is 1.25 bits per heavy atom. The molecule has 2 aliphatic heterocycles. The molecule has 0 bridgehead atoms. The standard InChI is InChI=1S/C16H23N3O/c1-12-11-19(8-7-18(12)2)16(20)15-9-13-5-3-4-6-14(13)10-17-15/h3-6,12,15,17H,7-11H2,1-2H3. The summed E-state index contributed by atoms with van der Waals surface area (Å²) in [5, 5.41) is 3.39. The lowest BCUT2D eigenvalue weighted by atomic mass is 9.95. The first-order valence-electron chi connectivity index (χ1n) is 7.44. The van der Waals surface area contributed by atoms with E-state index in [1.54, 1.807) is 0 Å². The smallest absolute Gasteiger partial charge is 0.240 e. The summed E-state index contributed by atoms with van der Waals surface area (Å²) in [5.41, 5.74) is 2.63. The Kier molecular flexibility index (Phi) is 3.76. The summed E-state index contributed by atoms with van der Waals surface area (Å²) in [4.78, 5) is 17.0. The number of rotatable bonds is 1. The zero-order valence-electron chi connectivity index (χ0n) is 12.3. The van der Waals surface area contributed by atoms with Gasteiger partial charge in [0, 0.05) is 32.2 Å². The molecule has 0 spiro atoms. The van der Waals surface area contributed by atoms with E-state index < -0.39 is 0 Å². The first kappa shape index (κ1) is 13.6. The van der Waals surface area contributed by atoms with Crippen molar-refractivity contribution in [2.24, 2.45) is 0 Å². The third-order valence-corrected chi connectivity index (χ3v) is 4.65. The number of amides is 1. The lowest BCUT2D eigenvalue weighted by Crippen LogP contribution is -2.57. The third-order valence-electron chi connectivity index (χ3n) is 4.65. The second kappa shape index (κ2) is 5.54. The number of nitrogens with zero attached hydrogens (tertiary/aromatic N) is 2. The Balaban J connectivity index is 1.67. The molecule has 0 aromatic heterocycles. The van der Waals surface area contributed by atoms with Crippen molar-refractivity contribution in [1.82, 2.24) is 15.1 Å². The number of hydrogen-bond acceptors (Lipinski definition) is 3. The highest BCUT2D eigenvalue weighted by Gasteiger charge is 2.31. The van der Waals surface area contributed by atoms with Gasteiger partial charge in [-0.05, 0) is 31.5 Å². The Morgan fingerprint density at radius 2 is 2.00 bits per heavy atom. The number of likely N-dealkylation sites (N-methyl/N-ethyl adjacent to an activating group) is 1. The predicted octanol–water partition coefficient (Wildman–Crippen LogP) is 0.863. The van der Waals surface area contributed by atoms with E-state index in [9.17, 15) is 4.79 Å². The zero-order chi connectivity index (χ0) is 14.1.